The third kappa shape index (κ3) is 4.58. The van der Waals surface area contributed by atoms with Crippen molar-refractivity contribution in [2.75, 3.05) is 18.9 Å². The Kier molecular flexibility index (Phi) is 5.87. The molecule has 0 aliphatic heterocycles. The van der Waals surface area contributed by atoms with Gasteiger partial charge in [0, 0.05) is 19.3 Å². The summed E-state index contributed by atoms with van der Waals surface area (Å²) in [6.07, 6.45) is 2.16. The van der Waals surface area contributed by atoms with Crippen molar-refractivity contribution in [3.05, 3.63) is 29.3 Å². The van der Waals surface area contributed by atoms with E-state index >= 15 is 0 Å². The number of amides is 1. The fourth-order valence-corrected chi connectivity index (χ4v) is 1.98. The molecule has 3 heteroatoms. The molecule has 1 atom stereocenters. The highest BCUT2D eigenvalue weighted by atomic mass is 16.2. The summed E-state index contributed by atoms with van der Waals surface area (Å²) in [4.78, 5) is 14.0. The van der Waals surface area contributed by atoms with Gasteiger partial charge in [0.1, 0.15) is 6.04 Å². The van der Waals surface area contributed by atoms with Crippen LogP contribution in [0.5, 0.6) is 0 Å². The van der Waals surface area contributed by atoms with Crippen LogP contribution in [-0.4, -0.2) is 30.4 Å². The lowest BCUT2D eigenvalue weighted by atomic mass is 10.1. The largest absolute Gasteiger partial charge is 0.374 e. The number of nitrogens with zero attached hydrogens (tertiary/aromatic N) is 1. The highest BCUT2D eigenvalue weighted by molar-refractivity contribution is 5.84. The summed E-state index contributed by atoms with van der Waals surface area (Å²) in [6, 6.07) is 6.00. The van der Waals surface area contributed by atoms with Crippen molar-refractivity contribution in [3.63, 3.8) is 0 Å². The number of hydrogen-bond donors (Lipinski definition) is 1. The molecule has 0 heterocycles. The van der Waals surface area contributed by atoms with Crippen molar-refractivity contribution in [3.8, 4) is 0 Å². The molecule has 0 spiro atoms. The zero-order chi connectivity index (χ0) is 14.4. The lowest BCUT2D eigenvalue weighted by Crippen LogP contribution is -2.39. The number of carbonyl (C=O) groups is 1. The Morgan fingerprint density at radius 3 is 2.58 bits per heavy atom. The molecule has 1 aromatic carbocycles. The molecule has 106 valence electrons. The lowest BCUT2D eigenvalue weighted by Gasteiger charge is -2.23. The van der Waals surface area contributed by atoms with E-state index in [-0.39, 0.29) is 11.9 Å². The maximum atomic E-state index is 12.2. The van der Waals surface area contributed by atoms with Gasteiger partial charge in [0.2, 0.25) is 5.91 Å². The molecule has 0 saturated heterocycles. The zero-order valence-corrected chi connectivity index (χ0v) is 12.8. The Labute approximate surface area is 117 Å². The van der Waals surface area contributed by atoms with Crippen molar-refractivity contribution in [2.45, 2.75) is 46.6 Å². The standard InChI is InChI=1S/C16H26N2O/c1-6-7-10-18(5)16(19)14(4)17-15-9-8-12(2)13(3)11-15/h8-9,11,14,17H,6-7,10H2,1-5H3. The number of aryl methyl sites for hydroxylation is 2. The van der Waals surface area contributed by atoms with Crippen molar-refractivity contribution < 1.29 is 4.79 Å². The van der Waals surface area contributed by atoms with Crippen LogP contribution in [0.25, 0.3) is 0 Å². The third-order valence-corrected chi connectivity index (χ3v) is 3.48. The molecule has 0 aromatic heterocycles. The Balaban J connectivity index is 2.60. The minimum atomic E-state index is -0.191. The Morgan fingerprint density at radius 2 is 2.00 bits per heavy atom. The van der Waals surface area contributed by atoms with Crippen LogP contribution in [0.15, 0.2) is 18.2 Å². The summed E-state index contributed by atoms with van der Waals surface area (Å²) >= 11 is 0. The quantitative estimate of drug-likeness (QED) is 0.852. The first-order chi connectivity index (χ1) is 8.95. The summed E-state index contributed by atoms with van der Waals surface area (Å²) in [7, 11) is 1.87. The van der Waals surface area contributed by atoms with E-state index in [9.17, 15) is 4.79 Å². The molecule has 0 bridgehead atoms. The van der Waals surface area contributed by atoms with Gasteiger partial charge in [0.05, 0.1) is 0 Å². The SMILES string of the molecule is CCCCN(C)C(=O)C(C)Nc1ccc(C)c(C)c1. The number of carbonyl (C=O) groups excluding carboxylic acids is 1. The molecule has 3 nitrogen and oxygen atoms in total. The van der Waals surface area contributed by atoms with Crippen molar-refractivity contribution in [1.82, 2.24) is 4.90 Å². The average molecular weight is 262 g/mol. The van der Waals surface area contributed by atoms with Gasteiger partial charge < -0.3 is 10.2 Å². The van der Waals surface area contributed by atoms with Crippen LogP contribution in [0.1, 0.15) is 37.8 Å². The maximum absolute atomic E-state index is 12.2. The van der Waals surface area contributed by atoms with Crippen LogP contribution < -0.4 is 5.32 Å². The van der Waals surface area contributed by atoms with E-state index < -0.39 is 0 Å². The molecule has 0 saturated carbocycles. The van der Waals surface area contributed by atoms with Crippen molar-refractivity contribution in [2.24, 2.45) is 0 Å². The number of hydrogen-bond acceptors (Lipinski definition) is 2. The summed E-state index contributed by atoms with van der Waals surface area (Å²) in [5, 5.41) is 3.28. The number of anilines is 1. The van der Waals surface area contributed by atoms with Crippen LogP contribution in [0.4, 0.5) is 5.69 Å². The number of benzene rings is 1. The molecular formula is C16H26N2O. The number of rotatable bonds is 6. The molecule has 19 heavy (non-hydrogen) atoms. The van der Waals surface area contributed by atoms with E-state index in [0.717, 1.165) is 25.1 Å². The van der Waals surface area contributed by atoms with Gasteiger partial charge in [-0.05, 0) is 50.5 Å². The molecule has 0 aliphatic carbocycles. The first-order valence-corrected chi connectivity index (χ1v) is 7.04. The normalized spacial score (nSPS) is 12.1. The van der Waals surface area contributed by atoms with E-state index in [1.165, 1.54) is 11.1 Å². The van der Waals surface area contributed by atoms with Gasteiger partial charge in [-0.3, -0.25) is 4.79 Å². The van der Waals surface area contributed by atoms with Gasteiger partial charge in [-0.25, -0.2) is 0 Å². The Hall–Kier alpha value is -1.51. The smallest absolute Gasteiger partial charge is 0.244 e. The van der Waals surface area contributed by atoms with Crippen LogP contribution in [0.2, 0.25) is 0 Å². The van der Waals surface area contributed by atoms with Gasteiger partial charge in [0.15, 0.2) is 0 Å². The second-order valence-electron chi connectivity index (χ2n) is 5.28. The van der Waals surface area contributed by atoms with Gasteiger partial charge in [0.25, 0.3) is 0 Å². The second kappa shape index (κ2) is 7.17. The predicted octanol–water partition coefficient (Wildman–Crippen LogP) is 3.36. The Morgan fingerprint density at radius 1 is 1.32 bits per heavy atom. The molecule has 1 amide bonds. The minimum absolute atomic E-state index is 0.145. The first-order valence-electron chi connectivity index (χ1n) is 7.04. The predicted molar refractivity (Wildman–Crippen MR) is 81.5 cm³/mol. The lowest BCUT2D eigenvalue weighted by molar-refractivity contribution is -0.130. The van der Waals surface area contributed by atoms with Crippen LogP contribution in [-0.2, 0) is 4.79 Å². The fourth-order valence-electron chi connectivity index (χ4n) is 1.98. The van der Waals surface area contributed by atoms with E-state index in [2.05, 4.69) is 38.2 Å². The second-order valence-corrected chi connectivity index (χ2v) is 5.28. The minimum Gasteiger partial charge on any atom is -0.374 e. The van der Waals surface area contributed by atoms with Crippen molar-refractivity contribution >= 4 is 11.6 Å². The average Bonchev–Trinajstić information content (AvgIpc) is 2.39. The molecule has 1 N–H and O–H groups in total. The topological polar surface area (TPSA) is 32.3 Å². The molecule has 1 aromatic rings. The third-order valence-electron chi connectivity index (χ3n) is 3.48. The molecule has 0 fully saturated rings. The number of unbranched alkanes of at least 4 members (excludes halogenated alkanes) is 1. The van der Waals surface area contributed by atoms with Crippen molar-refractivity contribution in [1.29, 1.82) is 0 Å². The highest BCUT2D eigenvalue weighted by Crippen LogP contribution is 2.15. The van der Waals surface area contributed by atoms with E-state index in [1.807, 2.05) is 24.9 Å². The summed E-state index contributed by atoms with van der Waals surface area (Å²) in [5.41, 5.74) is 3.52. The first kappa shape index (κ1) is 15.5. The summed E-state index contributed by atoms with van der Waals surface area (Å²) in [5.74, 6) is 0.145. The molecular weight excluding hydrogens is 236 g/mol. The molecule has 1 rings (SSSR count). The summed E-state index contributed by atoms with van der Waals surface area (Å²) < 4.78 is 0. The number of nitrogens with one attached hydrogen (secondary N) is 1. The maximum Gasteiger partial charge on any atom is 0.244 e. The Bertz CT molecular complexity index is 429. The summed E-state index contributed by atoms with van der Waals surface area (Å²) in [6.45, 7) is 9.05. The van der Waals surface area contributed by atoms with Crippen LogP contribution in [0, 0.1) is 13.8 Å². The molecule has 1 unspecified atom stereocenters. The highest BCUT2D eigenvalue weighted by Gasteiger charge is 2.16. The molecule has 0 radical (unpaired) electrons. The van der Waals surface area contributed by atoms with E-state index in [0.29, 0.717) is 0 Å². The molecule has 0 aliphatic rings. The van der Waals surface area contributed by atoms with Gasteiger partial charge in [-0.15, -0.1) is 0 Å². The fraction of sp³-hybridized carbons (Fsp3) is 0.562. The van der Waals surface area contributed by atoms with Gasteiger partial charge in [-0.2, -0.15) is 0 Å². The van der Waals surface area contributed by atoms with Gasteiger partial charge in [-0.1, -0.05) is 19.4 Å². The van der Waals surface area contributed by atoms with E-state index in [1.54, 1.807) is 0 Å². The zero-order valence-electron chi connectivity index (χ0n) is 12.8. The number of likely N-dealkylation sites (N-methyl/N-ethyl adjacent to an activating group) is 1. The van der Waals surface area contributed by atoms with Crippen LogP contribution in [0.3, 0.4) is 0 Å². The van der Waals surface area contributed by atoms with Gasteiger partial charge >= 0.3 is 0 Å². The van der Waals surface area contributed by atoms with Crippen LogP contribution >= 0.6 is 0 Å². The van der Waals surface area contributed by atoms with E-state index in [4.69, 9.17) is 0 Å². The monoisotopic (exact) mass is 262 g/mol.